The van der Waals surface area contributed by atoms with Gasteiger partial charge in [0.2, 0.25) is 0 Å². The first-order valence-corrected chi connectivity index (χ1v) is 8.41. The molecule has 0 spiro atoms. The van der Waals surface area contributed by atoms with E-state index in [2.05, 4.69) is 0 Å². The molecule has 3 rings (SSSR count). The zero-order valence-corrected chi connectivity index (χ0v) is 13.2. The lowest BCUT2D eigenvalue weighted by molar-refractivity contribution is -0.140. The highest BCUT2D eigenvalue weighted by molar-refractivity contribution is 5.91. The van der Waals surface area contributed by atoms with Crippen LogP contribution in [0.4, 0.5) is 0 Å². The zero-order chi connectivity index (χ0) is 16.2. The second kappa shape index (κ2) is 7.02. The van der Waals surface area contributed by atoms with Gasteiger partial charge in [0, 0.05) is 12.6 Å². The number of fused-ring (bicyclic) bond motifs is 1. The van der Waals surface area contributed by atoms with E-state index in [0.717, 1.165) is 19.4 Å². The number of ether oxygens (including phenoxy) is 1. The van der Waals surface area contributed by atoms with Gasteiger partial charge in [0.25, 0.3) is 5.91 Å². The van der Waals surface area contributed by atoms with Crippen LogP contribution in [0, 0.1) is 5.92 Å². The first-order chi connectivity index (χ1) is 11.1. The van der Waals surface area contributed by atoms with Gasteiger partial charge in [0.1, 0.15) is 5.75 Å². The topological polar surface area (TPSA) is 66.8 Å². The average Bonchev–Trinajstić information content (AvgIpc) is 2.59. The van der Waals surface area contributed by atoms with Crippen LogP contribution in [-0.2, 0) is 9.53 Å². The van der Waals surface area contributed by atoms with Crippen LogP contribution in [-0.4, -0.2) is 41.1 Å². The van der Waals surface area contributed by atoms with Crippen molar-refractivity contribution in [3.8, 4) is 5.75 Å². The molecule has 124 valence electrons. The maximum Gasteiger partial charge on any atom is 0.338 e. The van der Waals surface area contributed by atoms with Crippen molar-refractivity contribution >= 4 is 11.9 Å². The minimum atomic E-state index is -0.532. The summed E-state index contributed by atoms with van der Waals surface area (Å²) in [6, 6.07) is 6.16. The van der Waals surface area contributed by atoms with Gasteiger partial charge in [-0.2, -0.15) is 0 Å². The number of hydrogen-bond acceptors (Lipinski definition) is 4. The minimum Gasteiger partial charge on any atom is -0.508 e. The summed E-state index contributed by atoms with van der Waals surface area (Å²) in [6.07, 6.45) is 6.97. The van der Waals surface area contributed by atoms with Gasteiger partial charge in [-0.3, -0.25) is 4.79 Å². The molecule has 1 aromatic rings. The molecule has 0 radical (unpaired) electrons. The Labute approximate surface area is 136 Å². The number of nitrogens with zero attached hydrogens (tertiary/aromatic N) is 1. The molecule has 0 unspecified atom stereocenters. The van der Waals surface area contributed by atoms with E-state index in [1.807, 2.05) is 4.90 Å². The van der Waals surface area contributed by atoms with Crippen molar-refractivity contribution in [1.29, 1.82) is 0 Å². The van der Waals surface area contributed by atoms with Gasteiger partial charge < -0.3 is 14.7 Å². The smallest absolute Gasteiger partial charge is 0.338 e. The molecule has 5 heteroatoms. The van der Waals surface area contributed by atoms with Crippen LogP contribution in [0.5, 0.6) is 5.75 Å². The maximum absolute atomic E-state index is 12.5. The Morgan fingerprint density at radius 3 is 2.57 bits per heavy atom. The van der Waals surface area contributed by atoms with Crippen LogP contribution in [0.25, 0.3) is 0 Å². The van der Waals surface area contributed by atoms with Crippen LogP contribution in [0.15, 0.2) is 24.3 Å². The molecule has 1 amide bonds. The second-order valence-corrected chi connectivity index (χ2v) is 6.46. The molecule has 0 aromatic heterocycles. The fourth-order valence-corrected chi connectivity index (χ4v) is 3.83. The number of hydrogen-bond donors (Lipinski definition) is 1. The number of phenolic OH excluding ortho intramolecular Hbond substituents is 1. The summed E-state index contributed by atoms with van der Waals surface area (Å²) in [5, 5.41) is 9.22. The maximum atomic E-state index is 12.5. The van der Waals surface area contributed by atoms with E-state index in [9.17, 15) is 14.7 Å². The highest BCUT2D eigenvalue weighted by atomic mass is 16.5. The fraction of sp³-hybridized carbons (Fsp3) is 0.556. The number of benzene rings is 1. The summed E-state index contributed by atoms with van der Waals surface area (Å²) < 4.78 is 5.15. The van der Waals surface area contributed by atoms with Gasteiger partial charge >= 0.3 is 5.97 Å². The third-order valence-electron chi connectivity index (χ3n) is 4.99. The fourth-order valence-electron chi connectivity index (χ4n) is 3.83. The number of carbonyl (C=O) groups is 2. The lowest BCUT2D eigenvalue weighted by Gasteiger charge is -2.44. The van der Waals surface area contributed by atoms with Gasteiger partial charge in [-0.1, -0.05) is 12.8 Å². The molecule has 1 saturated carbocycles. The Morgan fingerprint density at radius 1 is 1.09 bits per heavy atom. The predicted molar refractivity (Wildman–Crippen MR) is 85.1 cm³/mol. The Bertz CT molecular complexity index is 567. The number of likely N-dealkylation sites (tertiary alicyclic amines) is 1. The first kappa shape index (κ1) is 15.8. The highest BCUT2D eigenvalue weighted by Crippen LogP contribution is 2.35. The molecule has 2 fully saturated rings. The minimum absolute atomic E-state index is 0.0891. The molecule has 5 nitrogen and oxygen atoms in total. The largest absolute Gasteiger partial charge is 0.508 e. The predicted octanol–water partition coefficient (Wildman–Crippen LogP) is 2.73. The van der Waals surface area contributed by atoms with Crippen LogP contribution >= 0.6 is 0 Å². The highest BCUT2D eigenvalue weighted by Gasteiger charge is 2.35. The van der Waals surface area contributed by atoms with Crippen LogP contribution in [0.2, 0.25) is 0 Å². The van der Waals surface area contributed by atoms with E-state index in [0.29, 0.717) is 17.5 Å². The number of rotatable bonds is 3. The average molecular weight is 317 g/mol. The van der Waals surface area contributed by atoms with Crippen molar-refractivity contribution < 1.29 is 19.4 Å². The molecule has 1 aliphatic heterocycles. The molecular formula is C18H23NO4. The Morgan fingerprint density at radius 2 is 1.78 bits per heavy atom. The number of esters is 1. The number of amides is 1. The SMILES string of the molecule is O=C(OCC(=O)N1CCC[C@@H]2CCCC[C@@H]21)c1ccc(O)cc1. The van der Waals surface area contributed by atoms with Crippen LogP contribution in [0.1, 0.15) is 48.9 Å². The van der Waals surface area contributed by atoms with Crippen LogP contribution in [0.3, 0.4) is 0 Å². The molecule has 23 heavy (non-hydrogen) atoms. The van der Waals surface area contributed by atoms with Gasteiger partial charge in [0.05, 0.1) is 5.56 Å². The summed E-state index contributed by atoms with van der Waals surface area (Å²) in [6.45, 7) is 0.569. The zero-order valence-electron chi connectivity index (χ0n) is 13.2. The number of phenols is 1. The van der Waals surface area contributed by atoms with Crippen molar-refractivity contribution in [2.45, 2.75) is 44.6 Å². The molecule has 1 aliphatic carbocycles. The summed E-state index contributed by atoms with van der Waals surface area (Å²) in [4.78, 5) is 26.3. The monoisotopic (exact) mass is 317 g/mol. The van der Waals surface area contributed by atoms with Crippen molar-refractivity contribution in [3.63, 3.8) is 0 Å². The van der Waals surface area contributed by atoms with Gasteiger partial charge in [-0.05, 0) is 55.9 Å². The van der Waals surface area contributed by atoms with Crippen LogP contribution < -0.4 is 0 Å². The number of carbonyl (C=O) groups excluding carboxylic acids is 2. The lowest BCUT2D eigenvalue weighted by atomic mass is 9.78. The lowest BCUT2D eigenvalue weighted by Crippen LogP contribution is -2.50. The summed E-state index contributed by atoms with van der Waals surface area (Å²) >= 11 is 0. The molecule has 2 aliphatic rings. The van der Waals surface area contributed by atoms with E-state index in [-0.39, 0.29) is 18.3 Å². The Kier molecular flexibility index (Phi) is 4.84. The van der Waals surface area contributed by atoms with Crippen molar-refractivity contribution in [2.24, 2.45) is 5.92 Å². The summed E-state index contributed by atoms with van der Waals surface area (Å²) in [5.74, 6) is 0.0906. The van der Waals surface area contributed by atoms with E-state index < -0.39 is 5.97 Å². The van der Waals surface area contributed by atoms with E-state index in [1.165, 1.54) is 49.9 Å². The van der Waals surface area contributed by atoms with Gasteiger partial charge in [-0.25, -0.2) is 4.79 Å². The van der Waals surface area contributed by atoms with Gasteiger partial charge in [0.15, 0.2) is 6.61 Å². The molecule has 1 N–H and O–H groups in total. The Hall–Kier alpha value is -2.04. The second-order valence-electron chi connectivity index (χ2n) is 6.46. The number of aromatic hydroxyl groups is 1. The number of piperidine rings is 1. The quantitative estimate of drug-likeness (QED) is 0.871. The molecular weight excluding hydrogens is 294 g/mol. The normalized spacial score (nSPS) is 23.9. The standard InChI is InChI=1S/C18H23NO4/c20-15-9-7-14(8-10-15)18(22)23-12-17(21)19-11-3-5-13-4-1-2-6-16(13)19/h7-10,13,16,20H,1-6,11-12H2/t13-,16-/m0/s1. The molecule has 1 heterocycles. The summed E-state index contributed by atoms with van der Waals surface area (Å²) in [5.41, 5.74) is 0.338. The molecule has 1 saturated heterocycles. The van der Waals surface area contributed by atoms with E-state index in [4.69, 9.17) is 4.74 Å². The van der Waals surface area contributed by atoms with Crippen molar-refractivity contribution in [1.82, 2.24) is 4.90 Å². The van der Waals surface area contributed by atoms with E-state index in [1.54, 1.807) is 0 Å². The summed E-state index contributed by atoms with van der Waals surface area (Å²) in [7, 11) is 0. The third-order valence-corrected chi connectivity index (χ3v) is 4.99. The first-order valence-electron chi connectivity index (χ1n) is 8.41. The molecule has 0 bridgehead atoms. The Balaban J connectivity index is 1.56. The van der Waals surface area contributed by atoms with Crippen molar-refractivity contribution in [3.05, 3.63) is 29.8 Å². The van der Waals surface area contributed by atoms with Gasteiger partial charge in [-0.15, -0.1) is 0 Å². The molecule has 2 atom stereocenters. The molecule has 1 aromatic carbocycles. The van der Waals surface area contributed by atoms with E-state index >= 15 is 0 Å². The third kappa shape index (κ3) is 3.66. The van der Waals surface area contributed by atoms with Crippen molar-refractivity contribution in [2.75, 3.05) is 13.2 Å².